The second kappa shape index (κ2) is 9.63. The van der Waals surface area contributed by atoms with Crippen LogP contribution in [0.4, 0.5) is 21.8 Å². The lowest BCUT2D eigenvalue weighted by molar-refractivity contribution is 0.236. The number of nitrogens with one attached hydrogen (secondary N) is 3. The van der Waals surface area contributed by atoms with Gasteiger partial charge in [-0.25, -0.2) is 24.3 Å². The molecule has 0 aromatic carbocycles. The highest BCUT2D eigenvalue weighted by Gasteiger charge is 2.33. The summed E-state index contributed by atoms with van der Waals surface area (Å²) in [6.45, 7) is 6.50. The van der Waals surface area contributed by atoms with Gasteiger partial charge in [0, 0.05) is 48.2 Å². The van der Waals surface area contributed by atoms with Crippen LogP contribution in [0.2, 0.25) is 0 Å². The van der Waals surface area contributed by atoms with Gasteiger partial charge in [-0.15, -0.1) is 0 Å². The molecule has 1 saturated heterocycles. The molecule has 1 aliphatic heterocycles. The molecule has 2 fully saturated rings. The Bertz CT molecular complexity index is 1440. The maximum atomic E-state index is 13.6. The summed E-state index contributed by atoms with van der Waals surface area (Å²) in [6, 6.07) is 6.65. The van der Waals surface area contributed by atoms with E-state index in [4.69, 9.17) is 9.97 Å². The summed E-state index contributed by atoms with van der Waals surface area (Å²) in [5.74, 6) is 2.51. The molecule has 37 heavy (non-hydrogen) atoms. The van der Waals surface area contributed by atoms with Gasteiger partial charge in [0.15, 0.2) is 5.82 Å². The lowest BCUT2D eigenvalue weighted by Crippen LogP contribution is -2.49. The van der Waals surface area contributed by atoms with Gasteiger partial charge in [-0.1, -0.05) is 20.3 Å². The van der Waals surface area contributed by atoms with Crippen LogP contribution in [0.3, 0.4) is 0 Å². The van der Waals surface area contributed by atoms with Crippen molar-refractivity contribution >= 4 is 28.4 Å². The molecule has 8 nitrogen and oxygen atoms in total. The summed E-state index contributed by atoms with van der Waals surface area (Å²) < 4.78 is 13.6. The first-order valence-corrected chi connectivity index (χ1v) is 12.9. The first-order chi connectivity index (χ1) is 18.0. The van der Waals surface area contributed by atoms with Gasteiger partial charge >= 0.3 is 0 Å². The van der Waals surface area contributed by atoms with Gasteiger partial charge in [-0.3, -0.25) is 4.98 Å². The second-order valence-corrected chi connectivity index (χ2v) is 10.7. The zero-order valence-corrected chi connectivity index (χ0v) is 21.1. The van der Waals surface area contributed by atoms with Gasteiger partial charge in [0.2, 0.25) is 0 Å². The largest absolute Gasteiger partial charge is 0.366 e. The molecule has 1 saturated carbocycles. The van der Waals surface area contributed by atoms with Crippen molar-refractivity contribution in [1.82, 2.24) is 30.2 Å². The molecule has 9 heteroatoms. The quantitative estimate of drug-likeness (QED) is 0.323. The third-order valence-electron chi connectivity index (χ3n) is 7.62. The van der Waals surface area contributed by atoms with E-state index in [1.807, 2.05) is 24.5 Å². The Morgan fingerprint density at radius 3 is 2.57 bits per heavy atom. The fraction of sp³-hybridized carbons (Fsp3) is 0.393. The van der Waals surface area contributed by atoms with E-state index in [1.165, 1.54) is 43.2 Å². The fourth-order valence-electron chi connectivity index (χ4n) is 5.22. The van der Waals surface area contributed by atoms with Crippen molar-refractivity contribution in [2.75, 3.05) is 23.7 Å². The average Bonchev–Trinajstić information content (AvgIpc) is 2.84. The SMILES string of the molecule is CC1(C)CNCC[C@@H]1Nc1nc(-c2ccnc(Nc3cc(F)ccn3)c2)nc2cncc(C3CCC3)c12. The van der Waals surface area contributed by atoms with Crippen molar-refractivity contribution in [1.29, 1.82) is 0 Å². The first kappa shape index (κ1) is 23.7. The minimum absolute atomic E-state index is 0.0745. The van der Waals surface area contributed by atoms with Gasteiger partial charge in [0.25, 0.3) is 0 Å². The van der Waals surface area contributed by atoms with Crippen LogP contribution in [0.15, 0.2) is 49.1 Å². The summed E-state index contributed by atoms with van der Waals surface area (Å²) >= 11 is 0. The first-order valence-electron chi connectivity index (χ1n) is 12.9. The number of piperidine rings is 1. The molecule has 2 aliphatic rings. The summed E-state index contributed by atoms with van der Waals surface area (Å²) in [6.07, 6.45) is 11.5. The number of fused-ring (bicyclic) bond motifs is 1. The van der Waals surface area contributed by atoms with E-state index in [1.54, 1.807) is 6.20 Å². The van der Waals surface area contributed by atoms with E-state index in [0.717, 1.165) is 41.8 Å². The Kier molecular flexibility index (Phi) is 6.16. The van der Waals surface area contributed by atoms with Gasteiger partial charge in [-0.05, 0) is 60.9 Å². The van der Waals surface area contributed by atoms with E-state index in [-0.39, 0.29) is 17.3 Å². The predicted molar refractivity (Wildman–Crippen MR) is 143 cm³/mol. The second-order valence-electron chi connectivity index (χ2n) is 10.7. The van der Waals surface area contributed by atoms with E-state index >= 15 is 0 Å². The third-order valence-corrected chi connectivity index (χ3v) is 7.62. The highest BCUT2D eigenvalue weighted by Crippen LogP contribution is 2.42. The van der Waals surface area contributed by atoms with Crippen LogP contribution in [-0.4, -0.2) is 44.1 Å². The Hall–Kier alpha value is -3.72. The van der Waals surface area contributed by atoms with Gasteiger partial charge in [0.05, 0.1) is 11.7 Å². The van der Waals surface area contributed by atoms with Gasteiger partial charge < -0.3 is 16.0 Å². The highest BCUT2D eigenvalue weighted by atomic mass is 19.1. The van der Waals surface area contributed by atoms with E-state index in [2.05, 4.69) is 44.7 Å². The number of rotatable bonds is 6. The molecule has 4 aromatic heterocycles. The molecule has 5 heterocycles. The molecule has 1 atom stereocenters. The molecule has 0 unspecified atom stereocenters. The van der Waals surface area contributed by atoms with Crippen LogP contribution in [-0.2, 0) is 0 Å². The van der Waals surface area contributed by atoms with Crippen LogP contribution < -0.4 is 16.0 Å². The van der Waals surface area contributed by atoms with Crippen molar-refractivity contribution in [2.24, 2.45) is 5.41 Å². The van der Waals surface area contributed by atoms with Crippen molar-refractivity contribution in [3.05, 3.63) is 60.4 Å². The van der Waals surface area contributed by atoms with Crippen molar-refractivity contribution in [2.45, 2.75) is 51.5 Å². The minimum atomic E-state index is -0.363. The summed E-state index contributed by atoms with van der Waals surface area (Å²) in [5, 5.41) is 11.5. The topological polar surface area (TPSA) is 101 Å². The normalized spacial score (nSPS) is 19.4. The van der Waals surface area contributed by atoms with E-state index < -0.39 is 0 Å². The van der Waals surface area contributed by atoms with Crippen molar-refractivity contribution in [3.8, 4) is 11.4 Å². The number of pyridine rings is 3. The Labute approximate surface area is 215 Å². The van der Waals surface area contributed by atoms with Crippen LogP contribution in [0.1, 0.15) is 51.0 Å². The molecule has 0 bridgehead atoms. The predicted octanol–water partition coefficient (Wildman–Crippen LogP) is 5.43. The smallest absolute Gasteiger partial charge is 0.162 e. The maximum absolute atomic E-state index is 13.6. The summed E-state index contributed by atoms with van der Waals surface area (Å²) in [4.78, 5) is 23.1. The average molecular weight is 499 g/mol. The molecule has 3 N–H and O–H groups in total. The number of halogens is 1. The van der Waals surface area contributed by atoms with Gasteiger partial charge in [0.1, 0.15) is 23.3 Å². The lowest BCUT2D eigenvalue weighted by Gasteiger charge is -2.40. The standard InChI is InChI=1S/C28H31FN8/c1-28(2)16-30-9-8-22(28)35-27-25-20(17-4-3-5-17)14-31-15-21(25)34-26(37-27)18-6-10-32-23(12-18)36-24-13-19(29)7-11-33-24/h6-7,10-15,17,22,30H,3-5,8-9,16H2,1-2H3,(H,32,33,36)(H,34,35,37)/t22-/m0/s1. The molecular weight excluding hydrogens is 467 g/mol. The van der Waals surface area contributed by atoms with Crippen LogP contribution in [0.25, 0.3) is 22.3 Å². The number of nitrogens with zero attached hydrogens (tertiary/aromatic N) is 5. The fourth-order valence-corrected chi connectivity index (χ4v) is 5.22. The lowest BCUT2D eigenvalue weighted by atomic mass is 9.78. The zero-order valence-electron chi connectivity index (χ0n) is 21.1. The molecule has 190 valence electrons. The Balaban J connectivity index is 1.42. The highest BCUT2D eigenvalue weighted by molar-refractivity contribution is 5.93. The Morgan fingerprint density at radius 1 is 1.00 bits per heavy atom. The number of hydrogen-bond acceptors (Lipinski definition) is 8. The summed E-state index contributed by atoms with van der Waals surface area (Å²) in [5.41, 5.74) is 2.95. The number of anilines is 3. The number of aromatic nitrogens is 5. The van der Waals surface area contributed by atoms with Crippen LogP contribution in [0.5, 0.6) is 0 Å². The zero-order chi connectivity index (χ0) is 25.4. The van der Waals surface area contributed by atoms with Crippen LogP contribution >= 0.6 is 0 Å². The molecule has 0 spiro atoms. The molecule has 0 radical (unpaired) electrons. The number of hydrogen-bond donors (Lipinski definition) is 3. The summed E-state index contributed by atoms with van der Waals surface area (Å²) in [7, 11) is 0. The molecular formula is C28H31FN8. The van der Waals surface area contributed by atoms with Crippen molar-refractivity contribution in [3.63, 3.8) is 0 Å². The van der Waals surface area contributed by atoms with Crippen LogP contribution in [0, 0.1) is 11.2 Å². The van der Waals surface area contributed by atoms with E-state index in [9.17, 15) is 4.39 Å². The third kappa shape index (κ3) is 4.83. The molecule has 4 aromatic rings. The van der Waals surface area contributed by atoms with Crippen molar-refractivity contribution < 1.29 is 4.39 Å². The monoisotopic (exact) mass is 498 g/mol. The Morgan fingerprint density at radius 2 is 1.81 bits per heavy atom. The maximum Gasteiger partial charge on any atom is 0.162 e. The molecule has 0 amide bonds. The minimum Gasteiger partial charge on any atom is -0.366 e. The molecule has 1 aliphatic carbocycles. The van der Waals surface area contributed by atoms with E-state index in [0.29, 0.717) is 23.4 Å². The van der Waals surface area contributed by atoms with Gasteiger partial charge in [-0.2, -0.15) is 0 Å². The molecule has 6 rings (SSSR count).